The molecule has 57 heavy (non-hydrogen) atoms. The first-order chi connectivity index (χ1) is 27.7. The largest absolute Gasteiger partial charge is 0.457 e. The summed E-state index contributed by atoms with van der Waals surface area (Å²) in [5, 5.41) is 8.26. The minimum Gasteiger partial charge on any atom is -0.457 e. The van der Waals surface area contributed by atoms with Crippen LogP contribution in [0.4, 0.5) is 11.5 Å². The van der Waals surface area contributed by atoms with Crippen molar-refractivity contribution in [2.45, 2.75) is 56.7 Å². The summed E-state index contributed by atoms with van der Waals surface area (Å²) in [5.74, 6) is 1.84. The third-order valence-electron chi connectivity index (χ3n) is 12.5. The highest BCUT2D eigenvalue weighted by Crippen LogP contribution is 2.44. The lowest BCUT2D eigenvalue weighted by Crippen LogP contribution is -2.62. The Morgan fingerprint density at radius 3 is 2.47 bits per heavy atom. The van der Waals surface area contributed by atoms with Crippen molar-refractivity contribution >= 4 is 46.5 Å². The molecule has 0 bridgehead atoms. The number of likely N-dealkylation sites (N-methyl/N-ethyl adjacent to an activating group) is 1. The van der Waals surface area contributed by atoms with Crippen LogP contribution in [0.15, 0.2) is 79.1 Å². The molecule has 1 aliphatic carbocycles. The first-order valence-corrected chi connectivity index (χ1v) is 19.7. The number of rotatable bonds is 9. The minimum atomic E-state index is -0.771. The van der Waals surface area contributed by atoms with E-state index in [0.717, 1.165) is 91.3 Å². The van der Waals surface area contributed by atoms with Gasteiger partial charge in [0.1, 0.15) is 35.4 Å². The van der Waals surface area contributed by atoms with Crippen LogP contribution in [0.25, 0.3) is 22.3 Å². The molecule has 3 amide bonds. The molecular weight excluding hydrogens is 723 g/mol. The maximum atomic E-state index is 13.6. The normalized spacial score (nSPS) is 22.7. The first-order valence-electron chi connectivity index (χ1n) is 19.7. The standard InChI is InChI=1S/C43H45N9O5/c1-49(36-15-16-37(54)47-42(36)55)43(56)35-20-30(11-8-28(35)24-53)51-22-32(23-51)50-18-17-26-7-12-31(19-29(26)21-50)52-41-38(40(44)45-25-46-41)39(48-52)27-9-13-34(14-10-27)57-33-5-3-2-4-6-33/h2-6,8-11,13-14,20,24-26,29,31-32,36H,7,12,15-19,21-23H2,1H3,(H2,44,45,46)(H,47,54,55). The van der Waals surface area contributed by atoms with E-state index in [0.29, 0.717) is 30.0 Å². The molecule has 9 rings (SSSR count). The number of carbonyl (C=O) groups is 4. The Hall–Kier alpha value is -6.15. The van der Waals surface area contributed by atoms with Crippen LogP contribution >= 0.6 is 0 Å². The molecule has 4 unspecified atom stereocenters. The number of aldehydes is 1. The third-order valence-corrected chi connectivity index (χ3v) is 12.5. The van der Waals surface area contributed by atoms with E-state index in [1.807, 2.05) is 60.7 Å². The van der Waals surface area contributed by atoms with Gasteiger partial charge in [0, 0.05) is 56.0 Å². The molecule has 1 saturated carbocycles. The Kier molecular flexibility index (Phi) is 9.65. The maximum absolute atomic E-state index is 13.6. The number of benzene rings is 3. The number of hydrogen-bond donors (Lipinski definition) is 2. The molecule has 3 aromatic carbocycles. The highest BCUT2D eigenvalue weighted by Gasteiger charge is 2.41. The number of carbonyl (C=O) groups excluding carboxylic acids is 4. The zero-order chi connectivity index (χ0) is 39.2. The number of imide groups is 1. The molecule has 3 aliphatic heterocycles. The number of nitrogens with two attached hydrogens (primary N) is 1. The van der Waals surface area contributed by atoms with E-state index in [9.17, 15) is 19.2 Å². The smallest absolute Gasteiger partial charge is 0.255 e. The van der Waals surface area contributed by atoms with Gasteiger partial charge >= 0.3 is 0 Å². The number of piperidine rings is 2. The SMILES string of the molecule is CN(C(=O)c1cc(N2CC(N3CCC4CCC(n5nc(-c6ccc(Oc7ccccc7)cc6)c6c(N)ncnc65)CC4C3)C2)ccc1C=O)C1CCC(=O)NC1=O. The topological polar surface area (TPSA) is 169 Å². The number of hydrogen-bond acceptors (Lipinski definition) is 11. The lowest BCUT2D eigenvalue weighted by atomic mass is 9.72. The summed E-state index contributed by atoms with van der Waals surface area (Å²) in [5.41, 5.74) is 10.3. The molecule has 292 valence electrons. The number of nitrogens with zero attached hydrogens (tertiary/aromatic N) is 7. The van der Waals surface area contributed by atoms with Gasteiger partial charge in [0.05, 0.1) is 17.0 Å². The van der Waals surface area contributed by atoms with Gasteiger partial charge < -0.3 is 20.3 Å². The zero-order valence-corrected chi connectivity index (χ0v) is 31.8. The molecule has 0 radical (unpaired) electrons. The van der Waals surface area contributed by atoms with E-state index in [-0.39, 0.29) is 35.9 Å². The van der Waals surface area contributed by atoms with Gasteiger partial charge in [0.15, 0.2) is 11.9 Å². The highest BCUT2D eigenvalue weighted by molar-refractivity contribution is 6.06. The van der Waals surface area contributed by atoms with Gasteiger partial charge in [-0.05, 0) is 105 Å². The van der Waals surface area contributed by atoms with Crippen LogP contribution in [0.5, 0.6) is 11.5 Å². The maximum Gasteiger partial charge on any atom is 0.255 e. The number of fused-ring (bicyclic) bond motifs is 2. The summed E-state index contributed by atoms with van der Waals surface area (Å²) in [6, 6.07) is 22.7. The molecule has 2 aromatic heterocycles. The van der Waals surface area contributed by atoms with E-state index in [1.165, 1.54) is 11.2 Å². The van der Waals surface area contributed by atoms with E-state index >= 15 is 0 Å². The Balaban J connectivity index is 0.869. The van der Waals surface area contributed by atoms with E-state index < -0.39 is 17.9 Å². The first kappa shape index (κ1) is 36.5. The fraction of sp³-hybridized carbons (Fsp3) is 0.372. The monoisotopic (exact) mass is 767 g/mol. The van der Waals surface area contributed by atoms with Crippen LogP contribution in [-0.2, 0) is 9.59 Å². The van der Waals surface area contributed by atoms with Crippen molar-refractivity contribution in [2.24, 2.45) is 11.8 Å². The molecule has 14 nitrogen and oxygen atoms in total. The number of anilines is 2. The Morgan fingerprint density at radius 2 is 1.70 bits per heavy atom. The van der Waals surface area contributed by atoms with Crippen LogP contribution in [0.3, 0.4) is 0 Å². The summed E-state index contributed by atoms with van der Waals surface area (Å²) in [7, 11) is 1.54. The second-order valence-electron chi connectivity index (χ2n) is 15.8. The van der Waals surface area contributed by atoms with Gasteiger partial charge in [0.2, 0.25) is 11.8 Å². The van der Waals surface area contributed by atoms with Crippen LogP contribution in [0, 0.1) is 11.8 Å². The Bertz CT molecular complexity index is 2340. The molecule has 4 atom stereocenters. The molecular formula is C43H45N9O5. The van der Waals surface area contributed by atoms with Crippen molar-refractivity contribution in [2.75, 3.05) is 43.9 Å². The molecule has 5 aromatic rings. The average molecular weight is 768 g/mol. The van der Waals surface area contributed by atoms with Crippen molar-refractivity contribution in [1.82, 2.24) is 34.9 Å². The lowest BCUT2D eigenvalue weighted by Gasteiger charge is -2.52. The van der Waals surface area contributed by atoms with Crippen LogP contribution < -0.4 is 20.7 Å². The number of nitrogen functional groups attached to an aromatic ring is 1. The molecule has 5 heterocycles. The van der Waals surface area contributed by atoms with Crippen molar-refractivity contribution in [3.05, 3.63) is 90.3 Å². The second kappa shape index (κ2) is 15.1. The highest BCUT2D eigenvalue weighted by atomic mass is 16.5. The quantitative estimate of drug-likeness (QED) is 0.151. The summed E-state index contributed by atoms with van der Waals surface area (Å²) >= 11 is 0. The van der Waals surface area contributed by atoms with Crippen molar-refractivity contribution in [1.29, 1.82) is 0 Å². The van der Waals surface area contributed by atoms with Crippen molar-refractivity contribution in [3.63, 3.8) is 0 Å². The van der Waals surface area contributed by atoms with Crippen molar-refractivity contribution < 1.29 is 23.9 Å². The molecule has 4 fully saturated rings. The molecule has 3 N–H and O–H groups in total. The third kappa shape index (κ3) is 6.98. The van der Waals surface area contributed by atoms with Gasteiger partial charge in [0.25, 0.3) is 5.91 Å². The molecule has 4 aliphatic rings. The molecule has 14 heteroatoms. The van der Waals surface area contributed by atoms with Crippen LogP contribution in [-0.4, -0.2) is 98.9 Å². The van der Waals surface area contributed by atoms with Crippen LogP contribution in [0.2, 0.25) is 0 Å². The number of nitrogens with one attached hydrogen (secondary N) is 1. The lowest BCUT2D eigenvalue weighted by molar-refractivity contribution is -0.136. The van der Waals surface area contributed by atoms with Crippen LogP contribution in [0.1, 0.15) is 65.3 Å². The van der Waals surface area contributed by atoms with Crippen molar-refractivity contribution in [3.8, 4) is 22.8 Å². The average Bonchev–Trinajstić information content (AvgIpc) is 3.61. The summed E-state index contributed by atoms with van der Waals surface area (Å²) in [6.45, 7) is 3.70. The summed E-state index contributed by atoms with van der Waals surface area (Å²) in [6.07, 6.45) is 6.92. The van der Waals surface area contributed by atoms with Gasteiger partial charge in [-0.25, -0.2) is 14.6 Å². The number of amides is 3. The predicted molar refractivity (Wildman–Crippen MR) is 214 cm³/mol. The molecule has 3 saturated heterocycles. The van der Waals surface area contributed by atoms with E-state index in [1.54, 1.807) is 19.2 Å². The van der Waals surface area contributed by atoms with E-state index in [4.69, 9.17) is 20.6 Å². The zero-order valence-electron chi connectivity index (χ0n) is 31.8. The predicted octanol–water partition coefficient (Wildman–Crippen LogP) is 5.11. The van der Waals surface area contributed by atoms with Gasteiger partial charge in [-0.1, -0.05) is 18.2 Å². The number of aromatic nitrogens is 4. The second-order valence-corrected chi connectivity index (χ2v) is 15.8. The summed E-state index contributed by atoms with van der Waals surface area (Å²) in [4.78, 5) is 64.9. The Morgan fingerprint density at radius 1 is 0.912 bits per heavy atom. The Labute approximate surface area is 330 Å². The fourth-order valence-electron chi connectivity index (χ4n) is 9.25. The van der Waals surface area contributed by atoms with Gasteiger partial charge in [-0.15, -0.1) is 0 Å². The number of para-hydroxylation sites is 1. The molecule has 0 spiro atoms. The minimum absolute atomic E-state index is 0.162. The number of ether oxygens (including phenoxy) is 1. The fourth-order valence-corrected chi connectivity index (χ4v) is 9.25. The summed E-state index contributed by atoms with van der Waals surface area (Å²) < 4.78 is 8.12. The van der Waals surface area contributed by atoms with E-state index in [2.05, 4.69) is 24.8 Å². The van der Waals surface area contributed by atoms with Gasteiger partial charge in [-0.3, -0.25) is 29.4 Å². The van der Waals surface area contributed by atoms with Gasteiger partial charge in [-0.2, -0.15) is 5.10 Å². The number of likely N-dealkylation sites (tertiary alicyclic amines) is 1.